The number of ether oxygens (including phenoxy) is 3. The number of benzene rings is 1. The fraction of sp³-hybridized carbons (Fsp3) is 0.560. The molecule has 174 valence electrons. The third-order valence-corrected chi connectivity index (χ3v) is 7.01. The van der Waals surface area contributed by atoms with E-state index in [2.05, 4.69) is 25.8 Å². The first-order valence-electron chi connectivity index (χ1n) is 11.4. The van der Waals surface area contributed by atoms with Crippen molar-refractivity contribution in [1.82, 2.24) is 4.98 Å². The number of thiazole rings is 1. The monoisotopic (exact) mass is 459 g/mol. The molecule has 0 radical (unpaired) electrons. The van der Waals surface area contributed by atoms with Crippen molar-refractivity contribution < 1.29 is 23.8 Å². The minimum absolute atomic E-state index is 0.0185. The van der Waals surface area contributed by atoms with Gasteiger partial charge in [0, 0.05) is 5.56 Å². The highest BCUT2D eigenvalue weighted by Crippen LogP contribution is 2.36. The van der Waals surface area contributed by atoms with Crippen LogP contribution >= 0.6 is 11.3 Å². The first kappa shape index (κ1) is 24.4. The van der Waals surface area contributed by atoms with Crippen LogP contribution in [0.4, 0.5) is 0 Å². The Kier molecular flexibility index (Phi) is 8.43. The van der Waals surface area contributed by atoms with Crippen LogP contribution in [-0.4, -0.2) is 36.2 Å². The van der Waals surface area contributed by atoms with E-state index in [1.54, 1.807) is 6.92 Å². The molecule has 1 saturated carbocycles. The lowest BCUT2D eigenvalue weighted by Crippen LogP contribution is -2.36. The zero-order valence-corrected chi connectivity index (χ0v) is 20.4. The molecular weight excluding hydrogens is 426 g/mol. The molecule has 1 aliphatic carbocycles. The summed E-state index contributed by atoms with van der Waals surface area (Å²) in [5, 5.41) is 0.595. The summed E-state index contributed by atoms with van der Waals surface area (Å²) in [4.78, 5) is 29.6. The van der Waals surface area contributed by atoms with Crippen molar-refractivity contribution in [3.63, 3.8) is 0 Å². The van der Waals surface area contributed by atoms with Gasteiger partial charge in [-0.15, -0.1) is 11.3 Å². The molecule has 2 aromatic rings. The second kappa shape index (κ2) is 11.1. The summed E-state index contributed by atoms with van der Waals surface area (Å²) in [5.74, 6) is 0.383. The molecule has 6 nitrogen and oxygen atoms in total. The molecule has 0 aliphatic heterocycles. The first-order valence-corrected chi connectivity index (χ1v) is 12.2. The lowest BCUT2D eigenvalue weighted by atomic mass is 9.75. The average molecular weight is 460 g/mol. The number of hydrogen-bond donors (Lipinski definition) is 0. The predicted octanol–water partition coefficient (Wildman–Crippen LogP) is 5.68. The van der Waals surface area contributed by atoms with Crippen LogP contribution in [0.5, 0.6) is 5.88 Å². The zero-order valence-electron chi connectivity index (χ0n) is 19.6. The number of aryl methyl sites for hydroxylation is 1. The molecule has 3 atom stereocenters. The summed E-state index contributed by atoms with van der Waals surface area (Å²) in [6, 6.07) is 7.79. The Morgan fingerprint density at radius 1 is 1.19 bits per heavy atom. The van der Waals surface area contributed by atoms with Gasteiger partial charge >= 0.3 is 11.9 Å². The lowest BCUT2D eigenvalue weighted by molar-refractivity contribution is -0.145. The van der Waals surface area contributed by atoms with Gasteiger partial charge in [0.25, 0.3) is 0 Å². The number of hydrogen-bond acceptors (Lipinski definition) is 7. The van der Waals surface area contributed by atoms with Crippen LogP contribution in [0.3, 0.4) is 0 Å². The summed E-state index contributed by atoms with van der Waals surface area (Å²) < 4.78 is 16.6. The van der Waals surface area contributed by atoms with E-state index in [1.165, 1.54) is 6.42 Å². The van der Waals surface area contributed by atoms with Gasteiger partial charge in [-0.3, -0.25) is 0 Å². The number of aromatic nitrogens is 1. The number of rotatable bonds is 8. The van der Waals surface area contributed by atoms with Gasteiger partial charge in [-0.25, -0.2) is 14.6 Å². The van der Waals surface area contributed by atoms with E-state index in [-0.39, 0.29) is 30.1 Å². The standard InChI is InChI=1S/C25H33NO5S/c1-6-29-25(28)22-23(26-24(32-22)18-10-7-16(4)8-11-18)31-21(27)14-30-20-13-17(5)9-12-19(20)15(2)3/h7-8,10-11,15,17,19-20H,6,9,12-14H2,1-5H3/t17-,19+,20-/m1/s1. The Morgan fingerprint density at radius 2 is 1.91 bits per heavy atom. The van der Waals surface area contributed by atoms with Crippen LogP contribution in [-0.2, 0) is 14.3 Å². The maximum absolute atomic E-state index is 12.6. The van der Waals surface area contributed by atoms with E-state index in [4.69, 9.17) is 14.2 Å². The van der Waals surface area contributed by atoms with E-state index in [0.717, 1.165) is 35.3 Å². The fourth-order valence-electron chi connectivity index (χ4n) is 4.14. The normalized spacial score (nSPS) is 20.9. The van der Waals surface area contributed by atoms with Gasteiger partial charge < -0.3 is 14.2 Å². The Labute approximate surface area is 194 Å². The van der Waals surface area contributed by atoms with Crippen molar-refractivity contribution in [2.75, 3.05) is 13.2 Å². The number of esters is 2. The van der Waals surface area contributed by atoms with E-state index in [1.807, 2.05) is 31.2 Å². The van der Waals surface area contributed by atoms with Crippen LogP contribution in [0.25, 0.3) is 10.6 Å². The largest absolute Gasteiger partial charge is 0.462 e. The lowest BCUT2D eigenvalue weighted by Gasteiger charge is -2.36. The molecule has 1 aliphatic rings. The van der Waals surface area contributed by atoms with E-state index in [0.29, 0.717) is 22.8 Å². The summed E-state index contributed by atoms with van der Waals surface area (Å²) in [6.45, 7) is 10.4. The van der Waals surface area contributed by atoms with Crippen molar-refractivity contribution in [1.29, 1.82) is 0 Å². The van der Waals surface area contributed by atoms with Crippen molar-refractivity contribution in [2.45, 2.75) is 60.0 Å². The topological polar surface area (TPSA) is 74.7 Å². The van der Waals surface area contributed by atoms with Crippen molar-refractivity contribution in [3.8, 4) is 16.5 Å². The van der Waals surface area contributed by atoms with Crippen LogP contribution in [0, 0.1) is 24.7 Å². The van der Waals surface area contributed by atoms with Crippen molar-refractivity contribution in [2.24, 2.45) is 17.8 Å². The fourth-order valence-corrected chi connectivity index (χ4v) is 5.03. The molecule has 7 heteroatoms. The Morgan fingerprint density at radius 3 is 2.56 bits per heavy atom. The van der Waals surface area contributed by atoms with Gasteiger partial charge in [-0.2, -0.15) is 0 Å². The first-order chi connectivity index (χ1) is 15.3. The Balaban J connectivity index is 1.72. The molecule has 0 bridgehead atoms. The second-order valence-electron chi connectivity index (χ2n) is 8.89. The maximum Gasteiger partial charge on any atom is 0.354 e. The smallest absolute Gasteiger partial charge is 0.354 e. The van der Waals surface area contributed by atoms with Gasteiger partial charge in [0.15, 0.2) is 4.88 Å². The molecule has 32 heavy (non-hydrogen) atoms. The molecular formula is C25H33NO5S. The van der Waals surface area contributed by atoms with Crippen molar-refractivity contribution in [3.05, 3.63) is 34.7 Å². The zero-order chi connectivity index (χ0) is 23.3. The van der Waals surface area contributed by atoms with Gasteiger partial charge in [-0.1, -0.05) is 57.0 Å². The minimum atomic E-state index is -0.558. The van der Waals surface area contributed by atoms with Gasteiger partial charge in [0.2, 0.25) is 5.88 Å². The highest BCUT2D eigenvalue weighted by atomic mass is 32.1. The molecule has 0 unspecified atom stereocenters. The molecule has 0 amide bonds. The number of carbonyl (C=O) groups is 2. The van der Waals surface area contributed by atoms with Gasteiger partial charge in [0.05, 0.1) is 12.7 Å². The van der Waals surface area contributed by atoms with Crippen LogP contribution in [0.15, 0.2) is 24.3 Å². The molecule has 0 spiro atoms. The molecule has 3 rings (SSSR count). The Bertz CT molecular complexity index is 921. The highest BCUT2D eigenvalue weighted by Gasteiger charge is 2.32. The van der Waals surface area contributed by atoms with E-state index >= 15 is 0 Å². The number of carbonyl (C=O) groups excluding carboxylic acids is 2. The van der Waals surface area contributed by atoms with Crippen LogP contribution in [0.1, 0.15) is 62.2 Å². The van der Waals surface area contributed by atoms with Gasteiger partial charge in [-0.05, 0) is 44.4 Å². The van der Waals surface area contributed by atoms with E-state index in [9.17, 15) is 9.59 Å². The second-order valence-corrected chi connectivity index (χ2v) is 9.89. The quantitative estimate of drug-likeness (QED) is 0.473. The molecule has 1 fully saturated rings. The summed E-state index contributed by atoms with van der Waals surface area (Å²) in [6.07, 6.45) is 3.28. The highest BCUT2D eigenvalue weighted by molar-refractivity contribution is 7.17. The molecule has 0 saturated heterocycles. The molecule has 0 N–H and O–H groups in total. The molecule has 1 aromatic heterocycles. The number of nitrogens with zero attached hydrogens (tertiary/aromatic N) is 1. The van der Waals surface area contributed by atoms with Crippen LogP contribution < -0.4 is 4.74 Å². The third kappa shape index (κ3) is 6.17. The molecule has 1 aromatic carbocycles. The van der Waals surface area contributed by atoms with Gasteiger partial charge in [0.1, 0.15) is 11.6 Å². The van der Waals surface area contributed by atoms with Crippen LogP contribution in [0.2, 0.25) is 0 Å². The molecule has 1 heterocycles. The summed E-state index contributed by atoms with van der Waals surface area (Å²) >= 11 is 1.16. The SMILES string of the molecule is CCOC(=O)c1sc(-c2ccc(C)cc2)nc1OC(=O)CO[C@@H]1C[C@H](C)CC[C@H]1C(C)C. The van der Waals surface area contributed by atoms with Crippen molar-refractivity contribution >= 4 is 23.3 Å². The predicted molar refractivity (Wildman–Crippen MR) is 125 cm³/mol. The maximum atomic E-state index is 12.6. The summed E-state index contributed by atoms with van der Waals surface area (Å²) in [5.41, 5.74) is 1.97. The summed E-state index contributed by atoms with van der Waals surface area (Å²) in [7, 11) is 0. The minimum Gasteiger partial charge on any atom is -0.462 e. The average Bonchev–Trinajstić information content (AvgIpc) is 3.16. The Hall–Kier alpha value is -2.25. The van der Waals surface area contributed by atoms with E-state index < -0.39 is 11.9 Å². The third-order valence-electron chi connectivity index (χ3n) is 5.94.